The van der Waals surface area contributed by atoms with Gasteiger partial charge in [-0.15, -0.1) is 0 Å². The second-order valence-electron chi connectivity index (χ2n) is 6.07. The van der Waals surface area contributed by atoms with Gasteiger partial charge >= 0.3 is 5.97 Å². The Morgan fingerprint density at radius 3 is 2.33 bits per heavy atom. The highest BCUT2D eigenvalue weighted by molar-refractivity contribution is 5.82. The minimum absolute atomic E-state index is 0.644. The van der Waals surface area contributed by atoms with E-state index in [1.54, 1.807) is 0 Å². The lowest BCUT2D eigenvalue weighted by Gasteiger charge is -2.36. The quantitative estimate of drug-likeness (QED) is 0.865. The highest BCUT2D eigenvalue weighted by Crippen LogP contribution is 2.41. The van der Waals surface area contributed by atoms with E-state index >= 15 is 0 Å². The van der Waals surface area contributed by atoms with Crippen molar-refractivity contribution in [1.29, 1.82) is 0 Å². The van der Waals surface area contributed by atoms with Crippen molar-refractivity contribution in [1.82, 2.24) is 4.90 Å². The molecule has 0 heterocycles. The number of hydrogen-bond donors (Lipinski definition) is 1. The predicted octanol–water partition coefficient (Wildman–Crippen LogP) is 3.81. The molecule has 3 nitrogen and oxygen atoms in total. The number of rotatable bonds is 6. The molecule has 1 aliphatic carbocycles. The zero-order valence-corrected chi connectivity index (χ0v) is 13.3. The van der Waals surface area contributed by atoms with Crippen molar-refractivity contribution in [2.24, 2.45) is 0 Å². The van der Waals surface area contributed by atoms with Crippen molar-refractivity contribution in [3.8, 4) is 0 Å². The van der Waals surface area contributed by atoms with Crippen LogP contribution in [0.1, 0.15) is 57.1 Å². The zero-order valence-electron chi connectivity index (χ0n) is 13.3. The molecule has 0 amide bonds. The highest BCUT2D eigenvalue weighted by Gasteiger charge is 2.42. The third-order valence-electron chi connectivity index (χ3n) is 4.94. The van der Waals surface area contributed by atoms with Gasteiger partial charge in [0.1, 0.15) is 0 Å². The van der Waals surface area contributed by atoms with Gasteiger partial charge in [0.15, 0.2) is 0 Å². The summed E-state index contributed by atoms with van der Waals surface area (Å²) in [6.45, 7) is 7.13. The van der Waals surface area contributed by atoms with Crippen LogP contribution < -0.4 is 0 Å². The van der Waals surface area contributed by atoms with Gasteiger partial charge in [-0.1, -0.05) is 57.4 Å². The summed E-state index contributed by atoms with van der Waals surface area (Å²) in [5, 5.41) is 9.90. The normalized spacial score (nSPS) is 17.9. The van der Waals surface area contributed by atoms with E-state index < -0.39 is 11.4 Å². The molecule has 1 saturated carbocycles. The van der Waals surface area contributed by atoms with Crippen LogP contribution in [0.3, 0.4) is 0 Å². The van der Waals surface area contributed by atoms with Crippen molar-refractivity contribution in [2.45, 2.75) is 57.9 Å². The average molecular weight is 289 g/mol. The summed E-state index contributed by atoms with van der Waals surface area (Å²) in [5.74, 6) is -0.644. The average Bonchev–Trinajstić information content (AvgIpc) is 2.53. The molecule has 1 aromatic carbocycles. The van der Waals surface area contributed by atoms with E-state index in [4.69, 9.17) is 0 Å². The number of carboxylic acid groups (broad SMARTS) is 1. The second kappa shape index (κ2) is 7.08. The maximum Gasteiger partial charge on any atom is 0.314 e. The molecule has 21 heavy (non-hydrogen) atoms. The van der Waals surface area contributed by atoms with Crippen LogP contribution in [0.4, 0.5) is 0 Å². The molecule has 0 spiro atoms. The van der Waals surface area contributed by atoms with E-state index in [0.717, 1.165) is 57.3 Å². The largest absolute Gasteiger partial charge is 0.481 e. The Labute approximate surface area is 128 Å². The van der Waals surface area contributed by atoms with Crippen LogP contribution in [0.5, 0.6) is 0 Å². The van der Waals surface area contributed by atoms with Crippen LogP contribution >= 0.6 is 0 Å². The molecular formula is C18H27NO2. The van der Waals surface area contributed by atoms with Gasteiger partial charge in [0.2, 0.25) is 0 Å². The number of carboxylic acids is 1. The molecule has 1 aromatic rings. The van der Waals surface area contributed by atoms with E-state index in [1.807, 2.05) is 18.2 Å². The molecule has 2 rings (SSSR count). The van der Waals surface area contributed by atoms with Crippen molar-refractivity contribution in [3.05, 3.63) is 35.4 Å². The van der Waals surface area contributed by atoms with E-state index in [1.165, 1.54) is 5.56 Å². The Morgan fingerprint density at radius 2 is 1.76 bits per heavy atom. The summed E-state index contributed by atoms with van der Waals surface area (Å²) in [6, 6.07) is 8.16. The van der Waals surface area contributed by atoms with Gasteiger partial charge in [0.25, 0.3) is 0 Å². The fourth-order valence-electron chi connectivity index (χ4n) is 3.57. The lowest BCUT2D eigenvalue weighted by atomic mass is 9.68. The first-order valence-electron chi connectivity index (χ1n) is 8.18. The fraction of sp³-hybridized carbons (Fsp3) is 0.611. The maximum absolute atomic E-state index is 12.0. The highest BCUT2D eigenvalue weighted by atomic mass is 16.4. The molecule has 0 aromatic heterocycles. The van der Waals surface area contributed by atoms with Crippen LogP contribution in [-0.2, 0) is 16.8 Å². The fourth-order valence-corrected chi connectivity index (χ4v) is 3.57. The smallest absolute Gasteiger partial charge is 0.314 e. The van der Waals surface area contributed by atoms with Crippen LogP contribution in [-0.4, -0.2) is 29.1 Å². The predicted molar refractivity (Wildman–Crippen MR) is 85.5 cm³/mol. The first kappa shape index (κ1) is 16.0. The van der Waals surface area contributed by atoms with Gasteiger partial charge in [-0.2, -0.15) is 0 Å². The first-order chi connectivity index (χ1) is 10.1. The Morgan fingerprint density at radius 1 is 1.14 bits per heavy atom. The van der Waals surface area contributed by atoms with Crippen LogP contribution in [0.2, 0.25) is 0 Å². The molecule has 0 saturated heterocycles. The summed E-state index contributed by atoms with van der Waals surface area (Å²) < 4.78 is 0. The van der Waals surface area contributed by atoms with Crippen molar-refractivity contribution in [2.75, 3.05) is 13.1 Å². The molecular weight excluding hydrogens is 262 g/mol. The minimum atomic E-state index is -0.665. The third-order valence-corrected chi connectivity index (χ3v) is 4.94. The summed E-state index contributed by atoms with van der Waals surface area (Å²) >= 11 is 0. The topological polar surface area (TPSA) is 40.5 Å². The summed E-state index contributed by atoms with van der Waals surface area (Å²) in [7, 11) is 0. The lowest BCUT2D eigenvalue weighted by Crippen LogP contribution is -2.39. The van der Waals surface area contributed by atoms with E-state index in [2.05, 4.69) is 24.8 Å². The number of hydrogen-bond acceptors (Lipinski definition) is 2. The van der Waals surface area contributed by atoms with Crippen LogP contribution in [0.15, 0.2) is 24.3 Å². The number of carbonyl (C=O) groups is 1. The van der Waals surface area contributed by atoms with Gasteiger partial charge in [-0.25, -0.2) is 0 Å². The van der Waals surface area contributed by atoms with Gasteiger partial charge in [-0.3, -0.25) is 9.69 Å². The Bertz CT molecular complexity index is 474. The third kappa shape index (κ3) is 3.29. The van der Waals surface area contributed by atoms with Crippen LogP contribution in [0.25, 0.3) is 0 Å². The zero-order chi connectivity index (χ0) is 15.3. The molecule has 1 N–H and O–H groups in total. The van der Waals surface area contributed by atoms with E-state index in [9.17, 15) is 9.90 Å². The standard InChI is InChI=1S/C18H27NO2/c1-3-19(4-2)14-15-10-6-7-11-16(15)18(17(20)21)12-8-5-9-13-18/h6-7,10-11H,3-5,8-9,12-14H2,1-2H3,(H,20,21). The summed E-state index contributed by atoms with van der Waals surface area (Å²) in [6.07, 6.45) is 4.75. The molecule has 0 radical (unpaired) electrons. The molecule has 0 aliphatic heterocycles. The number of nitrogens with zero attached hydrogens (tertiary/aromatic N) is 1. The molecule has 0 unspecified atom stereocenters. The molecule has 0 bridgehead atoms. The monoisotopic (exact) mass is 289 g/mol. The SMILES string of the molecule is CCN(CC)Cc1ccccc1C1(C(=O)O)CCCCC1. The molecule has 3 heteroatoms. The molecule has 116 valence electrons. The van der Waals surface area contributed by atoms with Crippen LogP contribution in [0, 0.1) is 0 Å². The number of benzene rings is 1. The van der Waals surface area contributed by atoms with Crippen molar-refractivity contribution in [3.63, 3.8) is 0 Å². The lowest BCUT2D eigenvalue weighted by molar-refractivity contribution is -0.145. The summed E-state index contributed by atoms with van der Waals surface area (Å²) in [5.41, 5.74) is 1.57. The van der Waals surface area contributed by atoms with Crippen molar-refractivity contribution >= 4 is 5.97 Å². The van der Waals surface area contributed by atoms with Gasteiger partial charge in [-0.05, 0) is 37.1 Å². The second-order valence-corrected chi connectivity index (χ2v) is 6.07. The molecule has 0 atom stereocenters. The Balaban J connectivity index is 2.39. The first-order valence-corrected chi connectivity index (χ1v) is 8.18. The maximum atomic E-state index is 12.0. The van der Waals surface area contributed by atoms with E-state index in [0.29, 0.717) is 0 Å². The Kier molecular flexibility index (Phi) is 5.40. The van der Waals surface area contributed by atoms with E-state index in [-0.39, 0.29) is 0 Å². The Hall–Kier alpha value is -1.35. The summed E-state index contributed by atoms with van der Waals surface area (Å²) in [4.78, 5) is 14.4. The van der Waals surface area contributed by atoms with Gasteiger partial charge in [0.05, 0.1) is 5.41 Å². The van der Waals surface area contributed by atoms with Crippen molar-refractivity contribution < 1.29 is 9.90 Å². The van der Waals surface area contributed by atoms with Gasteiger partial charge < -0.3 is 5.11 Å². The minimum Gasteiger partial charge on any atom is -0.481 e. The number of aliphatic carboxylic acids is 1. The molecule has 1 fully saturated rings. The molecule has 1 aliphatic rings. The van der Waals surface area contributed by atoms with Gasteiger partial charge in [0, 0.05) is 6.54 Å².